The van der Waals surface area contributed by atoms with Crippen LogP contribution in [0.3, 0.4) is 0 Å². The lowest BCUT2D eigenvalue weighted by Gasteiger charge is -2.17. The first-order valence-electron chi connectivity index (χ1n) is 7.64. The van der Waals surface area contributed by atoms with Gasteiger partial charge < -0.3 is 10.2 Å². The van der Waals surface area contributed by atoms with Crippen molar-refractivity contribution in [1.29, 1.82) is 0 Å². The maximum Gasteiger partial charge on any atom is 0.239 e. The summed E-state index contributed by atoms with van der Waals surface area (Å²) in [4.78, 5) is 26.5. The van der Waals surface area contributed by atoms with E-state index in [2.05, 4.69) is 5.32 Å². The van der Waals surface area contributed by atoms with E-state index < -0.39 is 5.92 Å². The molecule has 0 spiro atoms. The highest BCUT2D eigenvalue weighted by Gasteiger charge is 2.37. The van der Waals surface area contributed by atoms with Crippen LogP contribution in [0.4, 0.5) is 5.69 Å². The van der Waals surface area contributed by atoms with Gasteiger partial charge in [-0.3, -0.25) is 9.59 Å². The van der Waals surface area contributed by atoms with Gasteiger partial charge in [-0.1, -0.05) is 35.3 Å². The zero-order valence-electron chi connectivity index (χ0n) is 12.8. The predicted molar refractivity (Wildman–Crippen MR) is 95.2 cm³/mol. The Bertz CT molecular complexity index is 745. The van der Waals surface area contributed by atoms with E-state index >= 15 is 0 Å². The standard InChI is InChI=1S/C18H16Cl2N2O2/c19-13-3-1-12(2-4-13)11-21-17(23)16-9-10-22(18(16)24)15-7-5-14(20)6-8-15/h1-8,16H,9-11H2,(H,21,23). The van der Waals surface area contributed by atoms with Crippen molar-refractivity contribution in [2.45, 2.75) is 13.0 Å². The van der Waals surface area contributed by atoms with Crippen LogP contribution < -0.4 is 10.2 Å². The van der Waals surface area contributed by atoms with E-state index in [-0.39, 0.29) is 11.8 Å². The lowest BCUT2D eigenvalue weighted by molar-refractivity contribution is -0.132. The zero-order chi connectivity index (χ0) is 17.1. The Hall–Kier alpha value is -2.04. The summed E-state index contributed by atoms with van der Waals surface area (Å²) in [5.41, 5.74) is 1.70. The van der Waals surface area contributed by atoms with Crippen LogP contribution in [0.5, 0.6) is 0 Å². The van der Waals surface area contributed by atoms with E-state index in [1.807, 2.05) is 12.1 Å². The van der Waals surface area contributed by atoms with E-state index in [9.17, 15) is 9.59 Å². The molecule has 24 heavy (non-hydrogen) atoms. The molecule has 1 unspecified atom stereocenters. The highest BCUT2D eigenvalue weighted by molar-refractivity contribution is 6.30. The van der Waals surface area contributed by atoms with Crippen LogP contribution in [-0.4, -0.2) is 18.4 Å². The van der Waals surface area contributed by atoms with Crippen molar-refractivity contribution in [3.8, 4) is 0 Å². The summed E-state index contributed by atoms with van der Waals surface area (Å²) >= 11 is 11.7. The SMILES string of the molecule is O=C(NCc1ccc(Cl)cc1)C1CCN(c2ccc(Cl)cc2)C1=O. The largest absolute Gasteiger partial charge is 0.351 e. The fourth-order valence-corrected chi connectivity index (χ4v) is 2.97. The summed E-state index contributed by atoms with van der Waals surface area (Å²) in [5, 5.41) is 4.08. The van der Waals surface area contributed by atoms with Gasteiger partial charge in [0.1, 0.15) is 5.92 Å². The molecule has 0 radical (unpaired) electrons. The number of halogens is 2. The Kier molecular flexibility index (Phi) is 5.07. The molecule has 6 heteroatoms. The normalized spacial score (nSPS) is 17.2. The summed E-state index contributed by atoms with van der Waals surface area (Å²) in [6, 6.07) is 14.3. The zero-order valence-corrected chi connectivity index (χ0v) is 14.3. The third-order valence-electron chi connectivity index (χ3n) is 4.04. The number of nitrogens with one attached hydrogen (secondary N) is 1. The molecule has 3 rings (SSSR count). The molecule has 1 heterocycles. The molecule has 0 saturated carbocycles. The van der Waals surface area contributed by atoms with Crippen LogP contribution in [-0.2, 0) is 16.1 Å². The average molecular weight is 363 g/mol. The molecule has 1 saturated heterocycles. The van der Waals surface area contributed by atoms with Crippen molar-refractivity contribution in [2.75, 3.05) is 11.4 Å². The van der Waals surface area contributed by atoms with Crippen LogP contribution in [0.15, 0.2) is 48.5 Å². The number of hydrogen-bond acceptors (Lipinski definition) is 2. The van der Waals surface area contributed by atoms with Crippen molar-refractivity contribution in [3.63, 3.8) is 0 Å². The molecule has 0 aromatic heterocycles. The molecule has 124 valence electrons. The monoisotopic (exact) mass is 362 g/mol. The van der Waals surface area contributed by atoms with Gasteiger partial charge >= 0.3 is 0 Å². The second kappa shape index (κ2) is 7.24. The molecule has 2 aromatic carbocycles. The molecule has 0 aliphatic carbocycles. The summed E-state index contributed by atoms with van der Waals surface area (Å²) in [7, 11) is 0. The number of carbonyl (C=O) groups is 2. The lowest BCUT2D eigenvalue weighted by Crippen LogP contribution is -2.36. The van der Waals surface area contributed by atoms with Gasteiger partial charge in [0.15, 0.2) is 0 Å². The average Bonchev–Trinajstić information content (AvgIpc) is 2.96. The number of amides is 2. The molecule has 0 bridgehead atoms. The molecule has 2 aromatic rings. The molecule has 1 N–H and O–H groups in total. The third-order valence-corrected chi connectivity index (χ3v) is 4.54. The first-order valence-corrected chi connectivity index (χ1v) is 8.39. The number of anilines is 1. The molecule has 1 aliphatic heterocycles. The first-order chi connectivity index (χ1) is 11.5. The summed E-state index contributed by atoms with van der Waals surface area (Å²) < 4.78 is 0. The minimum Gasteiger partial charge on any atom is -0.351 e. The van der Waals surface area contributed by atoms with Crippen molar-refractivity contribution in [3.05, 3.63) is 64.1 Å². The molecule has 1 atom stereocenters. The van der Waals surface area contributed by atoms with Crippen LogP contribution in [0.25, 0.3) is 0 Å². The van der Waals surface area contributed by atoms with Crippen LogP contribution in [0, 0.1) is 5.92 Å². The summed E-state index contributed by atoms with van der Waals surface area (Å²) in [6.07, 6.45) is 0.508. The number of hydrogen-bond donors (Lipinski definition) is 1. The van der Waals surface area contributed by atoms with Crippen LogP contribution >= 0.6 is 23.2 Å². The quantitative estimate of drug-likeness (QED) is 0.843. The van der Waals surface area contributed by atoms with E-state index in [1.165, 1.54) is 0 Å². The van der Waals surface area contributed by atoms with E-state index in [0.29, 0.717) is 29.6 Å². The molecule has 1 fully saturated rings. The summed E-state index contributed by atoms with van der Waals surface area (Å²) in [6.45, 7) is 0.903. The molecule has 4 nitrogen and oxygen atoms in total. The number of benzene rings is 2. The highest BCUT2D eigenvalue weighted by Crippen LogP contribution is 2.26. The van der Waals surface area contributed by atoms with E-state index in [1.54, 1.807) is 41.3 Å². The second-order valence-corrected chi connectivity index (χ2v) is 6.52. The van der Waals surface area contributed by atoms with Crippen molar-refractivity contribution >= 4 is 40.7 Å². The van der Waals surface area contributed by atoms with Gasteiger partial charge in [-0.2, -0.15) is 0 Å². The molecule has 1 aliphatic rings. The van der Waals surface area contributed by atoms with Gasteiger partial charge in [0, 0.05) is 28.8 Å². The van der Waals surface area contributed by atoms with Crippen molar-refractivity contribution in [1.82, 2.24) is 5.32 Å². The van der Waals surface area contributed by atoms with E-state index in [0.717, 1.165) is 11.3 Å². The Balaban J connectivity index is 1.61. The third kappa shape index (κ3) is 3.71. The second-order valence-electron chi connectivity index (χ2n) is 5.65. The van der Waals surface area contributed by atoms with Gasteiger partial charge in [-0.15, -0.1) is 0 Å². The Morgan fingerprint density at radius 1 is 1.04 bits per heavy atom. The first kappa shape index (κ1) is 16.8. The maximum absolute atomic E-state index is 12.5. The molecular formula is C18H16Cl2N2O2. The van der Waals surface area contributed by atoms with Gasteiger partial charge in [0.25, 0.3) is 0 Å². The predicted octanol–water partition coefficient (Wildman–Crippen LogP) is 3.66. The minimum absolute atomic E-state index is 0.175. The molecular weight excluding hydrogens is 347 g/mol. The van der Waals surface area contributed by atoms with Gasteiger partial charge in [0.05, 0.1) is 0 Å². The van der Waals surface area contributed by atoms with Crippen LogP contribution in [0.2, 0.25) is 10.0 Å². The highest BCUT2D eigenvalue weighted by atomic mass is 35.5. The van der Waals surface area contributed by atoms with Gasteiger partial charge in [-0.25, -0.2) is 0 Å². The Morgan fingerprint density at radius 2 is 1.62 bits per heavy atom. The number of nitrogens with zero attached hydrogens (tertiary/aromatic N) is 1. The van der Waals surface area contributed by atoms with E-state index in [4.69, 9.17) is 23.2 Å². The van der Waals surface area contributed by atoms with Gasteiger partial charge in [0.2, 0.25) is 11.8 Å². The smallest absolute Gasteiger partial charge is 0.239 e. The lowest BCUT2D eigenvalue weighted by atomic mass is 10.1. The maximum atomic E-state index is 12.5. The Morgan fingerprint density at radius 3 is 2.25 bits per heavy atom. The minimum atomic E-state index is -0.645. The Labute approximate surface area is 150 Å². The summed E-state index contributed by atoms with van der Waals surface area (Å²) in [5.74, 6) is -1.06. The van der Waals surface area contributed by atoms with Crippen molar-refractivity contribution < 1.29 is 9.59 Å². The van der Waals surface area contributed by atoms with Crippen LogP contribution in [0.1, 0.15) is 12.0 Å². The number of carbonyl (C=O) groups excluding carboxylic acids is 2. The molecule has 2 amide bonds. The number of rotatable bonds is 4. The topological polar surface area (TPSA) is 49.4 Å². The fraction of sp³-hybridized carbons (Fsp3) is 0.222. The van der Waals surface area contributed by atoms with Gasteiger partial charge in [-0.05, 0) is 48.4 Å². The van der Waals surface area contributed by atoms with Crippen molar-refractivity contribution in [2.24, 2.45) is 5.92 Å². The fourth-order valence-electron chi connectivity index (χ4n) is 2.72.